The van der Waals surface area contributed by atoms with E-state index >= 15 is 0 Å². The highest BCUT2D eigenvalue weighted by Crippen LogP contribution is 2.06. The van der Waals surface area contributed by atoms with Crippen molar-refractivity contribution in [3.63, 3.8) is 0 Å². The quantitative estimate of drug-likeness (QED) is 0.848. The summed E-state index contributed by atoms with van der Waals surface area (Å²) in [5.41, 5.74) is 6.94. The number of nitrogens with zero attached hydrogens (tertiary/aromatic N) is 3. The highest BCUT2D eigenvalue weighted by atomic mass is 35.5. The average Bonchev–Trinajstić information content (AvgIpc) is 2.56. The third-order valence-electron chi connectivity index (χ3n) is 2.66. The van der Waals surface area contributed by atoms with Crippen LogP contribution in [0.4, 0.5) is 0 Å². The van der Waals surface area contributed by atoms with Crippen molar-refractivity contribution in [3.05, 3.63) is 17.5 Å². The Morgan fingerprint density at radius 3 is 2.62 bits per heavy atom. The largest absolute Gasteiger partial charge is 0.336 e. The molecular weight excluding hydrogens is 228 g/mol. The van der Waals surface area contributed by atoms with Crippen molar-refractivity contribution in [2.45, 2.75) is 19.9 Å². The minimum Gasteiger partial charge on any atom is -0.336 e. The van der Waals surface area contributed by atoms with Gasteiger partial charge in [0.25, 0.3) is 5.91 Å². The summed E-state index contributed by atoms with van der Waals surface area (Å²) in [5.74, 6) is -0.0864. The van der Waals surface area contributed by atoms with Crippen molar-refractivity contribution >= 4 is 18.3 Å². The van der Waals surface area contributed by atoms with Crippen LogP contribution in [0.25, 0.3) is 0 Å². The number of halogens is 1. The van der Waals surface area contributed by atoms with Crippen molar-refractivity contribution in [2.24, 2.45) is 12.8 Å². The zero-order valence-corrected chi connectivity index (χ0v) is 10.9. The molecule has 0 aliphatic heterocycles. The van der Waals surface area contributed by atoms with Gasteiger partial charge in [0.1, 0.15) is 0 Å². The van der Waals surface area contributed by atoms with Crippen LogP contribution < -0.4 is 5.73 Å². The summed E-state index contributed by atoms with van der Waals surface area (Å²) in [4.78, 5) is 13.5. The number of likely N-dealkylation sites (N-methyl/N-ethyl adjacent to an activating group) is 1. The normalized spacial score (nSPS) is 11.8. The number of carbonyl (C=O) groups excluding carboxylic acids is 1. The van der Waals surface area contributed by atoms with Gasteiger partial charge < -0.3 is 10.6 Å². The Balaban J connectivity index is 0.00000225. The van der Waals surface area contributed by atoms with Gasteiger partial charge in [0, 0.05) is 32.4 Å². The van der Waals surface area contributed by atoms with Crippen molar-refractivity contribution < 1.29 is 4.79 Å². The number of rotatable bonds is 3. The molecule has 0 spiro atoms. The highest BCUT2D eigenvalue weighted by molar-refractivity contribution is 5.92. The summed E-state index contributed by atoms with van der Waals surface area (Å²) in [5, 5.41) is 4.13. The highest BCUT2D eigenvalue weighted by Gasteiger charge is 2.19. The Morgan fingerprint density at radius 2 is 2.25 bits per heavy atom. The molecule has 0 bridgehead atoms. The molecule has 0 aromatic carbocycles. The van der Waals surface area contributed by atoms with E-state index < -0.39 is 0 Å². The molecule has 1 aromatic rings. The number of hydrogen-bond acceptors (Lipinski definition) is 3. The van der Waals surface area contributed by atoms with Crippen molar-refractivity contribution in [1.29, 1.82) is 0 Å². The second-order valence-electron chi connectivity index (χ2n) is 3.80. The van der Waals surface area contributed by atoms with E-state index in [1.165, 1.54) is 0 Å². The molecule has 0 aliphatic rings. The van der Waals surface area contributed by atoms with Gasteiger partial charge in [-0.25, -0.2) is 0 Å². The van der Waals surface area contributed by atoms with E-state index in [2.05, 4.69) is 5.10 Å². The van der Waals surface area contributed by atoms with Gasteiger partial charge in [-0.3, -0.25) is 9.48 Å². The topological polar surface area (TPSA) is 64.2 Å². The van der Waals surface area contributed by atoms with Crippen LogP contribution in [0, 0.1) is 6.92 Å². The van der Waals surface area contributed by atoms with E-state index in [0.29, 0.717) is 12.2 Å². The molecule has 0 saturated carbocycles. The van der Waals surface area contributed by atoms with Gasteiger partial charge in [0.2, 0.25) is 0 Å². The first kappa shape index (κ1) is 14.9. The maximum absolute atomic E-state index is 11.9. The molecule has 2 N–H and O–H groups in total. The molecule has 1 heterocycles. The van der Waals surface area contributed by atoms with E-state index in [1.54, 1.807) is 22.7 Å². The van der Waals surface area contributed by atoms with Gasteiger partial charge in [-0.05, 0) is 19.9 Å². The third-order valence-corrected chi connectivity index (χ3v) is 2.66. The lowest BCUT2D eigenvalue weighted by Gasteiger charge is -2.22. The van der Waals surface area contributed by atoms with Crippen LogP contribution in [0.1, 0.15) is 23.1 Å². The lowest BCUT2D eigenvalue weighted by molar-refractivity contribution is 0.0741. The maximum atomic E-state index is 11.9. The van der Waals surface area contributed by atoms with Crippen LogP contribution in [0.3, 0.4) is 0 Å². The van der Waals surface area contributed by atoms with Crippen LogP contribution in [0.15, 0.2) is 6.07 Å². The average molecular weight is 247 g/mol. The van der Waals surface area contributed by atoms with Gasteiger partial charge in [0.05, 0.1) is 0 Å². The van der Waals surface area contributed by atoms with E-state index in [-0.39, 0.29) is 24.4 Å². The van der Waals surface area contributed by atoms with Gasteiger partial charge >= 0.3 is 0 Å². The van der Waals surface area contributed by atoms with E-state index in [4.69, 9.17) is 5.73 Å². The third kappa shape index (κ3) is 2.96. The van der Waals surface area contributed by atoms with Crippen LogP contribution in [0.2, 0.25) is 0 Å². The molecular formula is C10H19ClN4O. The summed E-state index contributed by atoms with van der Waals surface area (Å²) in [6.07, 6.45) is 0. The van der Waals surface area contributed by atoms with Gasteiger partial charge in [-0.1, -0.05) is 0 Å². The first-order valence-electron chi connectivity index (χ1n) is 4.95. The van der Waals surface area contributed by atoms with Crippen molar-refractivity contribution in [2.75, 3.05) is 13.6 Å². The molecule has 0 saturated heterocycles. The molecule has 1 aromatic heterocycles. The molecule has 92 valence electrons. The van der Waals surface area contributed by atoms with Gasteiger partial charge in [-0.15, -0.1) is 12.4 Å². The molecule has 0 radical (unpaired) electrons. The summed E-state index contributed by atoms with van der Waals surface area (Å²) in [7, 11) is 3.56. The minimum absolute atomic E-state index is 0. The summed E-state index contributed by atoms with van der Waals surface area (Å²) in [6.45, 7) is 4.28. The second kappa shape index (κ2) is 5.86. The van der Waals surface area contributed by atoms with Crippen molar-refractivity contribution in [1.82, 2.24) is 14.7 Å². The Kier molecular flexibility index (Phi) is 5.47. The molecule has 1 rings (SSSR count). The molecule has 1 amide bonds. The maximum Gasteiger partial charge on any atom is 0.274 e. The molecule has 1 atom stereocenters. The summed E-state index contributed by atoms with van der Waals surface area (Å²) < 4.78 is 1.69. The number of aromatic nitrogens is 2. The minimum atomic E-state index is -0.0864. The fourth-order valence-corrected chi connectivity index (χ4v) is 1.20. The van der Waals surface area contributed by atoms with Crippen LogP contribution >= 0.6 is 12.4 Å². The predicted molar refractivity (Wildman–Crippen MR) is 65.8 cm³/mol. The van der Waals surface area contributed by atoms with E-state index in [9.17, 15) is 4.79 Å². The van der Waals surface area contributed by atoms with E-state index in [1.807, 2.05) is 20.9 Å². The fourth-order valence-electron chi connectivity index (χ4n) is 1.20. The predicted octanol–water partition coefficient (Wildman–Crippen LogP) is 0.570. The second-order valence-corrected chi connectivity index (χ2v) is 3.80. The first-order valence-corrected chi connectivity index (χ1v) is 4.95. The molecule has 0 fully saturated rings. The lowest BCUT2D eigenvalue weighted by atomic mass is 10.2. The number of aryl methyl sites for hydroxylation is 2. The fraction of sp³-hybridized carbons (Fsp3) is 0.600. The number of hydrogen-bond donors (Lipinski definition) is 1. The SMILES string of the molecule is Cc1cc(C(=O)N(C)C(C)CN)nn1C.Cl. The monoisotopic (exact) mass is 246 g/mol. The molecule has 6 heteroatoms. The Morgan fingerprint density at radius 1 is 1.69 bits per heavy atom. The van der Waals surface area contributed by atoms with Crippen LogP contribution in [-0.4, -0.2) is 40.2 Å². The first-order chi connectivity index (χ1) is 6.97. The number of carbonyl (C=O) groups is 1. The number of amides is 1. The zero-order valence-electron chi connectivity index (χ0n) is 10.1. The van der Waals surface area contributed by atoms with Crippen LogP contribution in [-0.2, 0) is 7.05 Å². The Labute approximate surface area is 102 Å². The van der Waals surface area contributed by atoms with Crippen LogP contribution in [0.5, 0.6) is 0 Å². The molecule has 16 heavy (non-hydrogen) atoms. The zero-order chi connectivity index (χ0) is 11.6. The van der Waals surface area contributed by atoms with Gasteiger partial charge in [0.15, 0.2) is 5.69 Å². The summed E-state index contributed by atoms with van der Waals surface area (Å²) in [6, 6.07) is 1.81. The van der Waals surface area contributed by atoms with E-state index in [0.717, 1.165) is 5.69 Å². The number of nitrogens with two attached hydrogens (primary N) is 1. The smallest absolute Gasteiger partial charge is 0.274 e. The standard InChI is InChI=1S/C10H18N4O.ClH/c1-7-5-9(12-14(7)4)10(15)13(3)8(2)6-11;/h5,8H,6,11H2,1-4H3;1H. The Bertz CT molecular complexity index is 344. The van der Waals surface area contributed by atoms with Gasteiger partial charge in [-0.2, -0.15) is 5.10 Å². The molecule has 0 aliphatic carbocycles. The van der Waals surface area contributed by atoms with Crippen molar-refractivity contribution in [3.8, 4) is 0 Å². The summed E-state index contributed by atoms with van der Waals surface area (Å²) >= 11 is 0. The molecule has 1 unspecified atom stereocenters. The Hall–Kier alpha value is -1.07. The lowest BCUT2D eigenvalue weighted by Crippen LogP contribution is -2.39. The molecule has 5 nitrogen and oxygen atoms in total.